The van der Waals surface area contributed by atoms with Crippen molar-refractivity contribution in [3.8, 4) is 0 Å². The van der Waals surface area contributed by atoms with Crippen LogP contribution in [0.25, 0.3) is 0 Å². The van der Waals surface area contributed by atoms with E-state index in [0.717, 1.165) is 25.7 Å². The van der Waals surface area contributed by atoms with Crippen LogP contribution in [0, 0.1) is 30.6 Å². The lowest BCUT2D eigenvalue weighted by Crippen LogP contribution is -2.70. The van der Waals surface area contributed by atoms with E-state index in [1.54, 1.807) is 25.1 Å². The van der Waals surface area contributed by atoms with Gasteiger partial charge < -0.3 is 24.5 Å². The largest absolute Gasteiger partial charge is 0.399 e. The molecule has 2 aromatic rings. The Morgan fingerprint density at radius 3 is 2.62 bits per heavy atom. The van der Waals surface area contributed by atoms with Crippen molar-refractivity contribution < 1.29 is 36.9 Å². The second kappa shape index (κ2) is 10.2. The predicted octanol–water partition coefficient (Wildman–Crippen LogP) is 4.38. The standard InChI is InChI=1S/C28H39N3O8S/c1-17-6-11-23-19(3)25(35-26-28(23)22(17)12-13-27(4,36-26)38-39-28)34-15-5-14-31(24-16-18(2)37-30-24)40(32,33)21-9-7-20(29)8-10-21/h7-10,16-17,19,22-23,25-26H,5-6,11-15,29H2,1-4H3/t17-,19-,22?,23+,25+,26-,27-,28-/m1/s1. The molecule has 0 radical (unpaired) electrons. The van der Waals surface area contributed by atoms with Crippen LogP contribution in [0.15, 0.2) is 39.8 Å². The highest BCUT2D eigenvalue weighted by Gasteiger charge is 2.69. The summed E-state index contributed by atoms with van der Waals surface area (Å²) >= 11 is 0. The topological polar surface area (TPSA) is 136 Å². The van der Waals surface area contributed by atoms with Gasteiger partial charge in [-0.3, -0.25) is 0 Å². The van der Waals surface area contributed by atoms with Crippen LogP contribution in [0.1, 0.15) is 58.6 Å². The van der Waals surface area contributed by atoms with E-state index in [0.29, 0.717) is 23.8 Å². The van der Waals surface area contributed by atoms with Crippen LogP contribution in [0.2, 0.25) is 0 Å². The zero-order valence-electron chi connectivity index (χ0n) is 23.4. The Morgan fingerprint density at radius 1 is 1.12 bits per heavy atom. The van der Waals surface area contributed by atoms with Crippen molar-refractivity contribution in [2.45, 2.75) is 88.7 Å². The normalized spacial score (nSPS) is 37.1. The maximum Gasteiger partial charge on any atom is 0.265 e. The molecule has 12 heteroatoms. The Hall–Kier alpha value is -2.22. The molecule has 1 aliphatic carbocycles. The number of anilines is 2. The molecule has 220 valence electrons. The first-order valence-electron chi connectivity index (χ1n) is 14.2. The smallest absolute Gasteiger partial charge is 0.265 e. The SMILES string of the molecule is Cc1cc(N(CCCO[C@H]2O[C@@H]3O[C@@]4(C)CCC5[C@H](C)CC[C@@H]([C@H]2C)[C@]53OO4)S(=O)(=O)c2ccc(N)cc2)no1. The van der Waals surface area contributed by atoms with E-state index in [2.05, 4.69) is 19.0 Å². The highest BCUT2D eigenvalue weighted by molar-refractivity contribution is 7.92. The number of hydrogen-bond acceptors (Lipinski definition) is 10. The number of sulfonamides is 1. The molecule has 5 fully saturated rings. The first-order valence-corrected chi connectivity index (χ1v) is 15.6. The summed E-state index contributed by atoms with van der Waals surface area (Å²) in [6.07, 6.45) is 3.09. The van der Waals surface area contributed by atoms with Gasteiger partial charge in [0.15, 0.2) is 24.0 Å². The highest BCUT2D eigenvalue weighted by atomic mass is 32.2. The lowest BCUT2D eigenvalue weighted by Gasteiger charge is -2.60. The molecule has 1 saturated carbocycles. The predicted molar refractivity (Wildman–Crippen MR) is 144 cm³/mol. The molecule has 0 amide bonds. The average Bonchev–Trinajstić information content (AvgIpc) is 3.21. The Morgan fingerprint density at radius 2 is 1.90 bits per heavy atom. The summed E-state index contributed by atoms with van der Waals surface area (Å²) in [5, 5.41) is 3.97. The molecule has 2 N–H and O–H groups in total. The van der Waals surface area contributed by atoms with Gasteiger partial charge in [0, 0.05) is 36.6 Å². The fourth-order valence-corrected chi connectivity index (χ4v) is 8.50. The number of hydrogen-bond donors (Lipinski definition) is 1. The second-order valence-corrected chi connectivity index (χ2v) is 13.8. The monoisotopic (exact) mass is 577 g/mol. The van der Waals surface area contributed by atoms with Crippen molar-refractivity contribution in [3.63, 3.8) is 0 Å². The Bertz CT molecular complexity index is 1320. The van der Waals surface area contributed by atoms with Gasteiger partial charge in [-0.1, -0.05) is 19.0 Å². The van der Waals surface area contributed by atoms with Crippen molar-refractivity contribution >= 4 is 21.5 Å². The molecule has 2 bridgehead atoms. The Kier molecular flexibility index (Phi) is 7.16. The first-order chi connectivity index (χ1) is 19.0. The van der Waals surface area contributed by atoms with Gasteiger partial charge in [0.05, 0.1) is 11.5 Å². The van der Waals surface area contributed by atoms with Gasteiger partial charge in [-0.25, -0.2) is 22.5 Å². The molecular weight excluding hydrogens is 538 g/mol. The number of nitrogen functional groups attached to an aromatic ring is 1. The minimum atomic E-state index is -3.91. The first kappa shape index (κ1) is 27.9. The fourth-order valence-electron chi connectivity index (χ4n) is 7.07. The number of aromatic nitrogens is 1. The molecule has 4 saturated heterocycles. The summed E-state index contributed by atoms with van der Waals surface area (Å²) in [6, 6.07) is 7.69. The average molecular weight is 578 g/mol. The summed E-state index contributed by atoms with van der Waals surface area (Å²) in [7, 11) is -3.91. The zero-order valence-corrected chi connectivity index (χ0v) is 24.3. The van der Waals surface area contributed by atoms with Gasteiger partial charge in [-0.05, 0) is 75.6 Å². The van der Waals surface area contributed by atoms with E-state index < -0.39 is 34.0 Å². The third kappa shape index (κ3) is 4.62. The van der Waals surface area contributed by atoms with Crippen LogP contribution < -0.4 is 10.0 Å². The minimum Gasteiger partial charge on any atom is -0.399 e. The van der Waals surface area contributed by atoms with Crippen molar-refractivity contribution in [3.05, 3.63) is 36.1 Å². The molecule has 5 heterocycles. The number of nitrogens with zero attached hydrogens (tertiary/aromatic N) is 2. The van der Waals surface area contributed by atoms with Gasteiger partial charge in [0.1, 0.15) is 5.76 Å². The number of fused-ring (bicyclic) bond motifs is 2. The van der Waals surface area contributed by atoms with Crippen LogP contribution in [-0.2, 0) is 34.0 Å². The van der Waals surface area contributed by atoms with Crippen LogP contribution >= 0.6 is 0 Å². The third-order valence-corrected chi connectivity index (χ3v) is 11.0. The van der Waals surface area contributed by atoms with E-state index in [1.807, 2.05) is 6.92 Å². The van der Waals surface area contributed by atoms with Crippen LogP contribution in [0.3, 0.4) is 0 Å². The Balaban J connectivity index is 1.16. The Labute approximate surface area is 235 Å². The highest BCUT2D eigenvalue weighted by Crippen LogP contribution is 2.60. The summed E-state index contributed by atoms with van der Waals surface area (Å²) in [5.41, 5.74) is 5.60. The van der Waals surface area contributed by atoms with Crippen LogP contribution in [0.4, 0.5) is 11.5 Å². The van der Waals surface area contributed by atoms with E-state index in [1.165, 1.54) is 16.4 Å². The third-order valence-electron chi connectivity index (χ3n) is 9.22. The van der Waals surface area contributed by atoms with E-state index in [-0.39, 0.29) is 41.6 Å². The van der Waals surface area contributed by atoms with E-state index in [9.17, 15) is 8.42 Å². The molecule has 4 aliphatic heterocycles. The van der Waals surface area contributed by atoms with Gasteiger partial charge in [-0.2, -0.15) is 0 Å². The van der Waals surface area contributed by atoms with Crippen LogP contribution in [0.5, 0.6) is 0 Å². The number of aryl methyl sites for hydroxylation is 1. The molecule has 8 atom stereocenters. The van der Waals surface area contributed by atoms with Gasteiger partial charge in [0.25, 0.3) is 10.0 Å². The molecule has 1 aromatic heterocycles. The van der Waals surface area contributed by atoms with Crippen molar-refractivity contribution in [2.75, 3.05) is 23.2 Å². The summed E-state index contributed by atoms with van der Waals surface area (Å²) in [5.74, 6) is 0.828. The van der Waals surface area contributed by atoms with E-state index in [4.69, 9.17) is 34.2 Å². The van der Waals surface area contributed by atoms with Crippen molar-refractivity contribution in [2.24, 2.45) is 23.7 Å². The summed E-state index contributed by atoms with van der Waals surface area (Å²) < 4.78 is 52.7. The molecule has 5 aliphatic rings. The summed E-state index contributed by atoms with van der Waals surface area (Å²) in [4.78, 5) is 12.2. The van der Waals surface area contributed by atoms with Gasteiger partial charge >= 0.3 is 0 Å². The molecule has 11 nitrogen and oxygen atoms in total. The zero-order chi connectivity index (χ0) is 28.3. The van der Waals surface area contributed by atoms with E-state index >= 15 is 0 Å². The van der Waals surface area contributed by atoms with Gasteiger partial charge in [-0.15, -0.1) is 0 Å². The lowest BCUT2D eigenvalue weighted by atomic mass is 9.58. The number of ether oxygens (including phenoxy) is 3. The van der Waals surface area contributed by atoms with Crippen LogP contribution in [-0.4, -0.2) is 50.7 Å². The number of benzene rings is 1. The van der Waals surface area contributed by atoms with Crippen molar-refractivity contribution in [1.29, 1.82) is 0 Å². The lowest BCUT2D eigenvalue weighted by molar-refractivity contribution is -0.577. The van der Waals surface area contributed by atoms with Crippen molar-refractivity contribution in [1.82, 2.24) is 5.16 Å². The number of rotatable bonds is 8. The molecule has 40 heavy (non-hydrogen) atoms. The number of nitrogens with two attached hydrogens (primary N) is 1. The fraction of sp³-hybridized carbons (Fsp3) is 0.679. The maximum atomic E-state index is 13.5. The maximum absolute atomic E-state index is 13.5. The van der Waals surface area contributed by atoms with Gasteiger partial charge in [0.2, 0.25) is 5.79 Å². The molecule has 1 aromatic carbocycles. The molecule has 1 spiro atoms. The summed E-state index contributed by atoms with van der Waals surface area (Å²) in [6.45, 7) is 8.45. The minimum absolute atomic E-state index is 0.0358. The molecule has 7 rings (SSSR count). The quantitative estimate of drug-likeness (QED) is 0.274. The second-order valence-electron chi connectivity index (χ2n) is 11.9. The molecule has 1 unspecified atom stereocenters. The molecular formula is C28H39N3O8S.